The third-order valence-electron chi connectivity index (χ3n) is 4.61. The predicted octanol–water partition coefficient (Wildman–Crippen LogP) is 2.24. The zero-order valence-corrected chi connectivity index (χ0v) is 14.6. The second kappa shape index (κ2) is 6.91. The second-order valence-corrected chi connectivity index (χ2v) is 8.36. The van der Waals surface area contributed by atoms with Crippen LogP contribution in [0, 0.1) is 5.92 Å². The van der Waals surface area contributed by atoms with Crippen molar-refractivity contribution >= 4 is 26.7 Å². The van der Waals surface area contributed by atoms with Crippen molar-refractivity contribution in [2.75, 3.05) is 25.9 Å². The summed E-state index contributed by atoms with van der Waals surface area (Å²) < 4.78 is 24.5. The van der Waals surface area contributed by atoms with Crippen molar-refractivity contribution in [2.24, 2.45) is 5.92 Å². The summed E-state index contributed by atoms with van der Waals surface area (Å²) in [6.45, 7) is 1.66. The highest BCUT2D eigenvalue weighted by Crippen LogP contribution is 2.19. The van der Waals surface area contributed by atoms with E-state index in [4.69, 9.17) is 0 Å². The summed E-state index contributed by atoms with van der Waals surface area (Å²) in [6, 6.07) is 13.6. The van der Waals surface area contributed by atoms with Gasteiger partial charge in [-0.25, -0.2) is 12.7 Å². The number of carbonyl (C=O) groups is 1. The fraction of sp³-hybridized carbons (Fsp3) is 0.389. The van der Waals surface area contributed by atoms with Crippen LogP contribution in [0.25, 0.3) is 10.8 Å². The smallest absolute Gasteiger partial charge is 0.251 e. The van der Waals surface area contributed by atoms with Crippen molar-refractivity contribution in [2.45, 2.75) is 12.8 Å². The Morgan fingerprint density at radius 3 is 2.46 bits per heavy atom. The van der Waals surface area contributed by atoms with Crippen molar-refractivity contribution in [3.8, 4) is 0 Å². The lowest BCUT2D eigenvalue weighted by Crippen LogP contribution is -2.41. The van der Waals surface area contributed by atoms with Gasteiger partial charge in [0.05, 0.1) is 6.26 Å². The summed E-state index contributed by atoms with van der Waals surface area (Å²) in [6.07, 6.45) is 2.81. The molecule has 0 spiro atoms. The van der Waals surface area contributed by atoms with E-state index in [2.05, 4.69) is 5.32 Å². The first-order chi connectivity index (χ1) is 11.4. The Labute approximate surface area is 142 Å². The van der Waals surface area contributed by atoms with Crippen LogP contribution in [0.15, 0.2) is 42.5 Å². The lowest BCUT2D eigenvalue weighted by Gasteiger charge is -2.30. The zero-order chi connectivity index (χ0) is 17.2. The first-order valence-electron chi connectivity index (χ1n) is 8.15. The van der Waals surface area contributed by atoms with Gasteiger partial charge in [-0.2, -0.15) is 0 Å². The number of fused-ring (bicyclic) bond motifs is 1. The maximum Gasteiger partial charge on any atom is 0.251 e. The molecule has 6 heteroatoms. The average Bonchev–Trinajstić information content (AvgIpc) is 2.59. The van der Waals surface area contributed by atoms with Gasteiger partial charge in [-0.15, -0.1) is 0 Å². The van der Waals surface area contributed by atoms with E-state index in [-0.39, 0.29) is 5.91 Å². The van der Waals surface area contributed by atoms with Gasteiger partial charge >= 0.3 is 0 Å². The molecule has 24 heavy (non-hydrogen) atoms. The topological polar surface area (TPSA) is 66.5 Å². The van der Waals surface area contributed by atoms with Gasteiger partial charge in [0.25, 0.3) is 5.91 Å². The van der Waals surface area contributed by atoms with Crippen LogP contribution in [0.5, 0.6) is 0 Å². The van der Waals surface area contributed by atoms with Crippen LogP contribution in [0.4, 0.5) is 0 Å². The molecule has 3 rings (SSSR count). The summed E-state index contributed by atoms with van der Waals surface area (Å²) >= 11 is 0. The van der Waals surface area contributed by atoms with Crippen LogP contribution in [0.1, 0.15) is 23.2 Å². The maximum atomic E-state index is 12.3. The lowest BCUT2D eigenvalue weighted by atomic mass is 9.98. The molecule has 1 N–H and O–H groups in total. The number of carbonyl (C=O) groups excluding carboxylic acids is 1. The van der Waals surface area contributed by atoms with Crippen molar-refractivity contribution in [1.29, 1.82) is 0 Å². The van der Waals surface area contributed by atoms with Gasteiger partial charge < -0.3 is 5.32 Å². The van der Waals surface area contributed by atoms with Gasteiger partial charge in [0, 0.05) is 25.2 Å². The number of hydrogen-bond acceptors (Lipinski definition) is 3. The molecule has 1 saturated heterocycles. The molecule has 0 atom stereocenters. The molecule has 128 valence electrons. The minimum atomic E-state index is -3.10. The first-order valence-corrected chi connectivity index (χ1v) is 10.0. The Bertz CT molecular complexity index is 840. The molecule has 5 nitrogen and oxygen atoms in total. The molecule has 1 fully saturated rings. The van der Waals surface area contributed by atoms with Gasteiger partial charge in [-0.05, 0) is 41.7 Å². The number of sulfonamides is 1. The first kappa shape index (κ1) is 16.9. The SMILES string of the molecule is CS(=O)(=O)N1CCC(CNC(=O)c2ccc3ccccc3c2)CC1. The normalized spacial score (nSPS) is 17.0. The van der Waals surface area contributed by atoms with E-state index in [1.807, 2.05) is 42.5 Å². The number of hydrogen-bond donors (Lipinski definition) is 1. The molecule has 0 aromatic heterocycles. The standard InChI is InChI=1S/C18H22N2O3S/c1-24(22,23)20-10-8-14(9-11-20)13-19-18(21)17-7-6-15-4-2-3-5-16(15)12-17/h2-7,12,14H,8-11,13H2,1H3,(H,19,21). The quantitative estimate of drug-likeness (QED) is 0.923. The van der Waals surface area contributed by atoms with Crippen LogP contribution in [0.2, 0.25) is 0 Å². The van der Waals surface area contributed by atoms with Gasteiger partial charge in [-0.3, -0.25) is 4.79 Å². The van der Waals surface area contributed by atoms with E-state index in [1.165, 1.54) is 10.6 Å². The van der Waals surface area contributed by atoms with Crippen LogP contribution >= 0.6 is 0 Å². The molecule has 0 radical (unpaired) electrons. The van der Waals surface area contributed by atoms with E-state index in [0.717, 1.165) is 23.6 Å². The Kier molecular flexibility index (Phi) is 4.87. The second-order valence-electron chi connectivity index (χ2n) is 6.38. The van der Waals surface area contributed by atoms with E-state index < -0.39 is 10.0 Å². The van der Waals surface area contributed by atoms with Crippen molar-refractivity contribution in [1.82, 2.24) is 9.62 Å². The summed E-state index contributed by atoms with van der Waals surface area (Å²) in [4.78, 5) is 12.3. The molecular formula is C18H22N2O3S. The lowest BCUT2D eigenvalue weighted by molar-refractivity contribution is 0.0941. The summed E-state index contributed by atoms with van der Waals surface area (Å²) in [7, 11) is -3.10. The fourth-order valence-electron chi connectivity index (χ4n) is 3.11. The van der Waals surface area contributed by atoms with Gasteiger partial charge in [0.1, 0.15) is 0 Å². The molecule has 0 unspecified atom stereocenters. The summed E-state index contributed by atoms with van der Waals surface area (Å²) in [5, 5.41) is 5.14. The minimum absolute atomic E-state index is 0.0775. The number of rotatable bonds is 4. The van der Waals surface area contributed by atoms with Crippen molar-refractivity contribution < 1.29 is 13.2 Å². The Morgan fingerprint density at radius 1 is 1.12 bits per heavy atom. The number of benzene rings is 2. The number of amides is 1. The Balaban J connectivity index is 1.56. The molecule has 0 saturated carbocycles. The Hall–Kier alpha value is -1.92. The number of nitrogens with one attached hydrogen (secondary N) is 1. The van der Waals surface area contributed by atoms with E-state index in [9.17, 15) is 13.2 Å². The third-order valence-corrected chi connectivity index (χ3v) is 5.91. The maximum absolute atomic E-state index is 12.3. The van der Waals surface area contributed by atoms with Crippen LogP contribution in [0.3, 0.4) is 0 Å². The monoisotopic (exact) mass is 346 g/mol. The molecule has 0 aliphatic carbocycles. The van der Waals surface area contributed by atoms with Gasteiger partial charge in [0.2, 0.25) is 10.0 Å². The van der Waals surface area contributed by atoms with E-state index in [1.54, 1.807) is 0 Å². The highest BCUT2D eigenvalue weighted by Gasteiger charge is 2.25. The molecule has 1 aliphatic heterocycles. The molecule has 2 aromatic rings. The van der Waals surface area contributed by atoms with Gasteiger partial charge in [-0.1, -0.05) is 30.3 Å². The Morgan fingerprint density at radius 2 is 1.79 bits per heavy atom. The molecule has 2 aromatic carbocycles. The number of nitrogens with zero attached hydrogens (tertiary/aromatic N) is 1. The van der Waals surface area contributed by atoms with Crippen molar-refractivity contribution in [3.63, 3.8) is 0 Å². The number of piperidine rings is 1. The highest BCUT2D eigenvalue weighted by atomic mass is 32.2. The minimum Gasteiger partial charge on any atom is -0.352 e. The van der Waals surface area contributed by atoms with Crippen LogP contribution in [-0.4, -0.2) is 44.5 Å². The molecule has 1 amide bonds. The molecule has 1 heterocycles. The predicted molar refractivity (Wildman–Crippen MR) is 95.4 cm³/mol. The highest BCUT2D eigenvalue weighted by molar-refractivity contribution is 7.88. The summed E-state index contributed by atoms with van der Waals surface area (Å²) in [5.74, 6) is 0.249. The van der Waals surface area contributed by atoms with E-state index >= 15 is 0 Å². The fourth-order valence-corrected chi connectivity index (χ4v) is 3.99. The molecule has 0 bridgehead atoms. The third kappa shape index (κ3) is 3.94. The van der Waals surface area contributed by atoms with Gasteiger partial charge in [0.15, 0.2) is 0 Å². The average molecular weight is 346 g/mol. The summed E-state index contributed by atoms with van der Waals surface area (Å²) in [5.41, 5.74) is 0.655. The molecular weight excluding hydrogens is 324 g/mol. The van der Waals surface area contributed by atoms with Crippen LogP contribution < -0.4 is 5.32 Å². The van der Waals surface area contributed by atoms with E-state index in [0.29, 0.717) is 31.1 Å². The molecule has 1 aliphatic rings. The van der Waals surface area contributed by atoms with Crippen molar-refractivity contribution in [3.05, 3.63) is 48.0 Å². The zero-order valence-electron chi connectivity index (χ0n) is 13.7. The van der Waals surface area contributed by atoms with Crippen LogP contribution in [-0.2, 0) is 10.0 Å². The largest absolute Gasteiger partial charge is 0.352 e.